The third-order valence-electron chi connectivity index (χ3n) is 2.07. The molecule has 0 unspecified atom stereocenters. The van der Waals surface area contributed by atoms with E-state index in [-0.39, 0.29) is 0 Å². The molecule has 0 saturated heterocycles. The van der Waals surface area contributed by atoms with Gasteiger partial charge < -0.3 is 5.73 Å². The number of rotatable bonds is 2. The van der Waals surface area contributed by atoms with Crippen LogP contribution in [0.1, 0.15) is 0 Å². The third-order valence-corrected chi connectivity index (χ3v) is 2.80. The van der Waals surface area contributed by atoms with Crippen molar-refractivity contribution in [2.24, 2.45) is 0 Å². The summed E-state index contributed by atoms with van der Waals surface area (Å²) in [6.45, 7) is 0. The summed E-state index contributed by atoms with van der Waals surface area (Å²) in [5.74, 6) is 0.305. The second kappa shape index (κ2) is 4.31. The molecule has 0 aliphatic heterocycles. The van der Waals surface area contributed by atoms with Gasteiger partial charge in [0.05, 0.1) is 0 Å². The number of nitrogen functional groups attached to an aromatic ring is 1. The number of hydrogen-bond acceptors (Lipinski definition) is 4. The molecule has 15 heavy (non-hydrogen) atoms. The Morgan fingerprint density at radius 2 is 1.87 bits per heavy atom. The molecular weight excluding hydrogens is 206 g/mol. The zero-order valence-corrected chi connectivity index (χ0v) is 9.16. The van der Waals surface area contributed by atoms with Gasteiger partial charge in [-0.05, 0) is 24.0 Å². The molecule has 0 aliphatic rings. The molecule has 1 heterocycles. The van der Waals surface area contributed by atoms with Crippen LogP contribution in [0.4, 0.5) is 5.95 Å². The van der Waals surface area contributed by atoms with E-state index in [0.717, 1.165) is 11.1 Å². The molecule has 2 rings (SSSR count). The van der Waals surface area contributed by atoms with E-state index in [4.69, 9.17) is 5.73 Å². The largest absolute Gasteiger partial charge is 0.368 e. The Morgan fingerprint density at radius 1 is 1.13 bits per heavy atom. The van der Waals surface area contributed by atoms with Crippen LogP contribution in [-0.4, -0.2) is 16.2 Å². The van der Waals surface area contributed by atoms with Gasteiger partial charge in [-0.3, -0.25) is 0 Å². The van der Waals surface area contributed by atoms with Crippen molar-refractivity contribution in [2.45, 2.75) is 4.90 Å². The molecule has 0 fully saturated rings. The lowest BCUT2D eigenvalue weighted by atomic mass is 10.1. The molecule has 2 N–H and O–H groups in total. The summed E-state index contributed by atoms with van der Waals surface area (Å²) in [6, 6.07) is 8.25. The predicted molar refractivity (Wildman–Crippen MR) is 63.7 cm³/mol. The first kappa shape index (κ1) is 9.98. The molecule has 0 bridgehead atoms. The van der Waals surface area contributed by atoms with E-state index in [1.54, 1.807) is 24.2 Å². The Hall–Kier alpha value is -1.55. The number of nitrogens with zero attached hydrogens (tertiary/aromatic N) is 2. The zero-order chi connectivity index (χ0) is 10.7. The topological polar surface area (TPSA) is 51.8 Å². The van der Waals surface area contributed by atoms with E-state index in [1.807, 2.05) is 12.1 Å². The van der Waals surface area contributed by atoms with Crippen LogP contribution < -0.4 is 5.73 Å². The molecule has 4 heteroatoms. The molecule has 76 valence electrons. The Labute approximate surface area is 92.8 Å². The van der Waals surface area contributed by atoms with Crippen LogP contribution in [0.3, 0.4) is 0 Å². The fourth-order valence-corrected chi connectivity index (χ4v) is 1.75. The van der Waals surface area contributed by atoms with Crippen molar-refractivity contribution in [3.05, 3.63) is 36.7 Å². The van der Waals surface area contributed by atoms with E-state index in [1.165, 1.54) is 4.90 Å². The van der Waals surface area contributed by atoms with Crippen molar-refractivity contribution in [3.63, 3.8) is 0 Å². The van der Waals surface area contributed by atoms with Gasteiger partial charge in [0.2, 0.25) is 5.95 Å². The smallest absolute Gasteiger partial charge is 0.219 e. The minimum Gasteiger partial charge on any atom is -0.368 e. The van der Waals surface area contributed by atoms with Crippen molar-refractivity contribution in [3.8, 4) is 11.1 Å². The minimum absolute atomic E-state index is 0.305. The summed E-state index contributed by atoms with van der Waals surface area (Å²) in [6.07, 6.45) is 5.53. The van der Waals surface area contributed by atoms with Gasteiger partial charge >= 0.3 is 0 Å². The molecule has 0 atom stereocenters. The summed E-state index contributed by atoms with van der Waals surface area (Å²) in [7, 11) is 0. The number of nitrogens with two attached hydrogens (primary N) is 1. The first-order chi connectivity index (χ1) is 7.29. The maximum Gasteiger partial charge on any atom is 0.219 e. The quantitative estimate of drug-likeness (QED) is 0.785. The van der Waals surface area contributed by atoms with Crippen molar-refractivity contribution >= 4 is 17.7 Å². The number of hydrogen-bond donors (Lipinski definition) is 1. The van der Waals surface area contributed by atoms with Crippen molar-refractivity contribution in [1.29, 1.82) is 0 Å². The van der Waals surface area contributed by atoms with Gasteiger partial charge in [-0.2, -0.15) is 0 Å². The molecule has 0 radical (unpaired) electrons. The Bertz CT molecular complexity index is 454. The third kappa shape index (κ3) is 2.27. The predicted octanol–water partition coefficient (Wildman–Crippen LogP) is 2.45. The van der Waals surface area contributed by atoms with Crippen LogP contribution in [0.15, 0.2) is 41.6 Å². The highest BCUT2D eigenvalue weighted by molar-refractivity contribution is 7.98. The summed E-state index contributed by atoms with van der Waals surface area (Å²) >= 11 is 1.72. The zero-order valence-electron chi connectivity index (χ0n) is 8.34. The summed E-state index contributed by atoms with van der Waals surface area (Å²) in [5.41, 5.74) is 7.53. The molecule has 0 amide bonds. The molecule has 0 spiro atoms. The molecule has 3 nitrogen and oxygen atoms in total. The van der Waals surface area contributed by atoms with Crippen LogP contribution >= 0.6 is 11.8 Å². The normalized spacial score (nSPS) is 10.2. The van der Waals surface area contributed by atoms with Gasteiger partial charge in [-0.1, -0.05) is 12.1 Å². The van der Waals surface area contributed by atoms with Crippen LogP contribution in [0.2, 0.25) is 0 Å². The second-order valence-corrected chi connectivity index (χ2v) is 3.94. The number of aromatic nitrogens is 2. The number of anilines is 1. The second-order valence-electron chi connectivity index (χ2n) is 3.06. The van der Waals surface area contributed by atoms with Crippen LogP contribution in [0.25, 0.3) is 11.1 Å². The highest BCUT2D eigenvalue weighted by Crippen LogP contribution is 2.23. The fourth-order valence-electron chi connectivity index (χ4n) is 1.29. The summed E-state index contributed by atoms with van der Waals surface area (Å²) in [5, 5.41) is 0. The van der Waals surface area contributed by atoms with E-state index in [9.17, 15) is 0 Å². The lowest BCUT2D eigenvalue weighted by Gasteiger charge is -2.02. The minimum atomic E-state index is 0.305. The number of thioether (sulfide) groups is 1. The average molecular weight is 217 g/mol. The van der Waals surface area contributed by atoms with E-state index in [0.29, 0.717) is 5.95 Å². The Morgan fingerprint density at radius 3 is 2.53 bits per heavy atom. The van der Waals surface area contributed by atoms with Gasteiger partial charge in [0.15, 0.2) is 0 Å². The first-order valence-corrected chi connectivity index (χ1v) is 5.74. The van der Waals surface area contributed by atoms with E-state index >= 15 is 0 Å². The maximum absolute atomic E-state index is 5.43. The highest BCUT2D eigenvalue weighted by Gasteiger charge is 1.99. The van der Waals surface area contributed by atoms with Gasteiger partial charge in [-0.25, -0.2) is 9.97 Å². The van der Waals surface area contributed by atoms with Gasteiger partial charge in [0.1, 0.15) is 0 Å². The van der Waals surface area contributed by atoms with E-state index < -0.39 is 0 Å². The summed E-state index contributed by atoms with van der Waals surface area (Å²) in [4.78, 5) is 9.17. The fraction of sp³-hybridized carbons (Fsp3) is 0.0909. The molecule has 1 aromatic heterocycles. The standard InChI is InChI=1S/C11H11N3S/c1-15-10-4-2-3-8(5-10)9-6-13-11(12)14-7-9/h2-7H,1H3,(H2,12,13,14). The number of benzene rings is 1. The first-order valence-electron chi connectivity index (χ1n) is 4.51. The van der Waals surface area contributed by atoms with Crippen molar-refractivity contribution in [2.75, 3.05) is 12.0 Å². The molecular formula is C11H11N3S. The average Bonchev–Trinajstić information content (AvgIpc) is 2.30. The van der Waals surface area contributed by atoms with Gasteiger partial charge in [0, 0.05) is 22.9 Å². The maximum atomic E-state index is 5.43. The molecule has 2 aromatic rings. The van der Waals surface area contributed by atoms with Crippen LogP contribution in [0.5, 0.6) is 0 Å². The van der Waals surface area contributed by atoms with Crippen LogP contribution in [0, 0.1) is 0 Å². The molecule has 0 saturated carbocycles. The lowest BCUT2D eigenvalue weighted by Crippen LogP contribution is -1.93. The van der Waals surface area contributed by atoms with Crippen molar-refractivity contribution in [1.82, 2.24) is 9.97 Å². The van der Waals surface area contributed by atoms with Crippen molar-refractivity contribution < 1.29 is 0 Å². The Balaban J connectivity index is 2.40. The molecule has 1 aromatic carbocycles. The molecule has 0 aliphatic carbocycles. The summed E-state index contributed by atoms with van der Waals surface area (Å²) < 4.78 is 0. The van der Waals surface area contributed by atoms with E-state index in [2.05, 4.69) is 28.4 Å². The Kier molecular flexibility index (Phi) is 2.87. The van der Waals surface area contributed by atoms with Crippen LogP contribution in [-0.2, 0) is 0 Å². The van der Waals surface area contributed by atoms with Gasteiger partial charge in [0.25, 0.3) is 0 Å². The lowest BCUT2D eigenvalue weighted by molar-refractivity contribution is 1.19. The highest BCUT2D eigenvalue weighted by atomic mass is 32.2. The SMILES string of the molecule is CSc1cccc(-c2cnc(N)nc2)c1. The van der Waals surface area contributed by atoms with Gasteiger partial charge in [-0.15, -0.1) is 11.8 Å². The monoisotopic (exact) mass is 217 g/mol.